The minimum absolute atomic E-state index is 0.272. The maximum atomic E-state index is 8.66. The Morgan fingerprint density at radius 1 is 1.47 bits per heavy atom. The standard InChI is InChI=1S/C11H14BrN5/c1-11(2,3)17-10(15-7-13)16-9-4-8(12)5-14-6-9/h4-6H,1-3H3,(H2,15,16,17). The van der Waals surface area contributed by atoms with Crippen molar-refractivity contribution in [1.29, 1.82) is 5.26 Å². The highest BCUT2D eigenvalue weighted by atomic mass is 79.9. The molecule has 0 spiro atoms. The Kier molecular flexibility index (Phi) is 4.46. The van der Waals surface area contributed by atoms with Gasteiger partial charge in [0.1, 0.15) is 0 Å². The van der Waals surface area contributed by atoms with Crippen LogP contribution in [0.3, 0.4) is 0 Å². The number of hydrogen-bond donors (Lipinski definition) is 2. The predicted molar refractivity (Wildman–Crippen MR) is 71.5 cm³/mol. The summed E-state index contributed by atoms with van der Waals surface area (Å²) in [4.78, 5) is 8.37. The normalized spacial score (nSPS) is 11.8. The number of nitrogens with one attached hydrogen (secondary N) is 2. The minimum atomic E-state index is -0.272. The van der Waals surface area contributed by atoms with E-state index in [9.17, 15) is 0 Å². The lowest BCUT2D eigenvalue weighted by Crippen LogP contribution is -2.30. The van der Waals surface area contributed by atoms with Gasteiger partial charge < -0.3 is 5.32 Å². The van der Waals surface area contributed by atoms with Gasteiger partial charge in [-0.2, -0.15) is 5.26 Å². The molecule has 0 aliphatic rings. The molecule has 0 aliphatic heterocycles. The van der Waals surface area contributed by atoms with Gasteiger partial charge in [-0.3, -0.25) is 10.3 Å². The molecule has 0 aromatic carbocycles. The monoisotopic (exact) mass is 295 g/mol. The lowest BCUT2D eigenvalue weighted by atomic mass is 10.1. The first kappa shape index (κ1) is 13.5. The van der Waals surface area contributed by atoms with Crippen molar-refractivity contribution in [3.8, 4) is 6.19 Å². The van der Waals surface area contributed by atoms with Crippen molar-refractivity contribution in [2.75, 3.05) is 5.32 Å². The summed E-state index contributed by atoms with van der Waals surface area (Å²) in [5.74, 6) is 0.403. The van der Waals surface area contributed by atoms with E-state index in [1.165, 1.54) is 0 Å². The number of hydrogen-bond acceptors (Lipinski definition) is 3. The van der Waals surface area contributed by atoms with Gasteiger partial charge in [0, 0.05) is 10.7 Å². The molecule has 5 nitrogen and oxygen atoms in total. The van der Waals surface area contributed by atoms with E-state index in [0.717, 1.165) is 10.2 Å². The van der Waals surface area contributed by atoms with Crippen molar-refractivity contribution in [2.45, 2.75) is 26.3 Å². The summed E-state index contributed by atoms with van der Waals surface area (Å²) in [6, 6.07) is 1.85. The molecule has 0 saturated carbocycles. The number of rotatable bonds is 1. The van der Waals surface area contributed by atoms with Crippen molar-refractivity contribution in [2.24, 2.45) is 4.99 Å². The molecule has 6 heteroatoms. The first-order chi connectivity index (χ1) is 7.90. The van der Waals surface area contributed by atoms with Crippen LogP contribution in [-0.2, 0) is 0 Å². The Labute approximate surface area is 109 Å². The summed E-state index contributed by atoms with van der Waals surface area (Å²) in [6.07, 6.45) is 5.19. The molecule has 0 saturated heterocycles. The molecule has 1 aromatic rings. The van der Waals surface area contributed by atoms with Gasteiger partial charge in [0.25, 0.3) is 0 Å². The van der Waals surface area contributed by atoms with Crippen LogP contribution in [0.2, 0.25) is 0 Å². The Balaban J connectivity index is 2.89. The number of aliphatic imine (C=N–C) groups is 1. The Bertz CT molecular complexity index is 456. The SMILES string of the molecule is CC(C)(C)N=C(NC#N)Nc1cncc(Br)c1. The molecule has 1 rings (SSSR count). The van der Waals surface area contributed by atoms with Crippen LogP contribution in [-0.4, -0.2) is 16.5 Å². The molecular formula is C11H14BrN5. The Hall–Kier alpha value is -1.61. The van der Waals surface area contributed by atoms with Crippen molar-refractivity contribution < 1.29 is 0 Å². The van der Waals surface area contributed by atoms with Crippen LogP contribution in [0.5, 0.6) is 0 Å². The van der Waals surface area contributed by atoms with Gasteiger partial charge in [-0.1, -0.05) is 0 Å². The number of nitriles is 1. The summed E-state index contributed by atoms with van der Waals surface area (Å²) in [6.45, 7) is 5.85. The third-order valence-electron chi connectivity index (χ3n) is 1.59. The number of nitrogens with zero attached hydrogens (tertiary/aromatic N) is 3. The molecule has 17 heavy (non-hydrogen) atoms. The van der Waals surface area contributed by atoms with Crippen LogP contribution >= 0.6 is 15.9 Å². The van der Waals surface area contributed by atoms with E-state index in [-0.39, 0.29) is 5.54 Å². The van der Waals surface area contributed by atoms with Crippen LogP contribution in [0.25, 0.3) is 0 Å². The van der Waals surface area contributed by atoms with E-state index < -0.39 is 0 Å². The first-order valence-electron chi connectivity index (χ1n) is 5.03. The maximum Gasteiger partial charge on any atom is 0.209 e. The van der Waals surface area contributed by atoms with E-state index in [4.69, 9.17) is 5.26 Å². The molecule has 1 aromatic heterocycles. The molecule has 0 radical (unpaired) electrons. The van der Waals surface area contributed by atoms with Crippen molar-refractivity contribution in [3.05, 3.63) is 22.9 Å². The van der Waals surface area contributed by atoms with Gasteiger partial charge in [0.2, 0.25) is 5.96 Å². The van der Waals surface area contributed by atoms with Crippen LogP contribution in [0.15, 0.2) is 27.9 Å². The number of anilines is 1. The van der Waals surface area contributed by atoms with Gasteiger partial charge in [-0.15, -0.1) is 0 Å². The lowest BCUT2D eigenvalue weighted by Gasteiger charge is -2.15. The third kappa shape index (κ3) is 5.31. The fourth-order valence-electron chi connectivity index (χ4n) is 1.09. The fourth-order valence-corrected chi connectivity index (χ4v) is 1.46. The van der Waals surface area contributed by atoms with Crippen LogP contribution in [0, 0.1) is 11.5 Å². The molecule has 1 heterocycles. The molecule has 0 fully saturated rings. The van der Waals surface area contributed by atoms with Gasteiger partial charge in [0.15, 0.2) is 6.19 Å². The van der Waals surface area contributed by atoms with Crippen LogP contribution in [0.4, 0.5) is 5.69 Å². The summed E-state index contributed by atoms with van der Waals surface area (Å²) < 4.78 is 0.856. The number of pyridine rings is 1. The van der Waals surface area contributed by atoms with Gasteiger partial charge in [-0.05, 0) is 42.8 Å². The molecule has 0 atom stereocenters. The summed E-state index contributed by atoms with van der Waals surface area (Å²) in [5.41, 5.74) is 0.483. The third-order valence-corrected chi connectivity index (χ3v) is 2.02. The highest BCUT2D eigenvalue weighted by Gasteiger charge is 2.10. The summed E-state index contributed by atoms with van der Waals surface area (Å²) >= 11 is 3.32. The minimum Gasteiger partial charge on any atom is -0.324 e. The highest BCUT2D eigenvalue weighted by Crippen LogP contribution is 2.14. The zero-order valence-corrected chi connectivity index (χ0v) is 11.5. The van der Waals surface area contributed by atoms with E-state index in [1.54, 1.807) is 12.4 Å². The molecular weight excluding hydrogens is 282 g/mol. The van der Waals surface area contributed by atoms with Crippen LogP contribution < -0.4 is 10.6 Å². The molecule has 0 bridgehead atoms. The zero-order chi connectivity index (χ0) is 12.9. The van der Waals surface area contributed by atoms with Crippen molar-refractivity contribution >= 4 is 27.6 Å². The average Bonchev–Trinajstić information content (AvgIpc) is 2.15. The zero-order valence-electron chi connectivity index (χ0n) is 9.95. The largest absolute Gasteiger partial charge is 0.324 e. The molecule has 0 amide bonds. The summed E-state index contributed by atoms with van der Waals surface area (Å²) in [7, 11) is 0. The van der Waals surface area contributed by atoms with E-state index in [0.29, 0.717) is 5.96 Å². The fraction of sp³-hybridized carbons (Fsp3) is 0.364. The number of halogens is 1. The highest BCUT2D eigenvalue weighted by molar-refractivity contribution is 9.10. The van der Waals surface area contributed by atoms with Gasteiger partial charge in [0.05, 0.1) is 17.4 Å². The predicted octanol–water partition coefficient (Wildman–Crippen LogP) is 2.48. The Morgan fingerprint density at radius 2 is 2.18 bits per heavy atom. The van der Waals surface area contributed by atoms with Gasteiger partial charge in [-0.25, -0.2) is 4.99 Å². The molecule has 90 valence electrons. The maximum absolute atomic E-state index is 8.66. The van der Waals surface area contributed by atoms with Crippen LogP contribution in [0.1, 0.15) is 20.8 Å². The second-order valence-corrected chi connectivity index (χ2v) is 5.30. The smallest absolute Gasteiger partial charge is 0.209 e. The van der Waals surface area contributed by atoms with E-state index in [2.05, 4.69) is 36.5 Å². The second kappa shape index (κ2) is 5.64. The van der Waals surface area contributed by atoms with Gasteiger partial charge >= 0.3 is 0 Å². The average molecular weight is 296 g/mol. The molecule has 0 unspecified atom stereocenters. The van der Waals surface area contributed by atoms with Crippen molar-refractivity contribution in [3.63, 3.8) is 0 Å². The lowest BCUT2D eigenvalue weighted by molar-refractivity contribution is 0.581. The number of aromatic nitrogens is 1. The first-order valence-corrected chi connectivity index (χ1v) is 5.82. The second-order valence-electron chi connectivity index (χ2n) is 4.38. The van der Waals surface area contributed by atoms with E-state index >= 15 is 0 Å². The van der Waals surface area contributed by atoms with Crippen molar-refractivity contribution in [1.82, 2.24) is 10.3 Å². The Morgan fingerprint density at radius 3 is 2.71 bits per heavy atom. The summed E-state index contributed by atoms with van der Waals surface area (Å²) in [5, 5.41) is 14.2. The van der Waals surface area contributed by atoms with E-state index in [1.807, 2.05) is 33.0 Å². The quantitative estimate of drug-likeness (QED) is 0.361. The number of guanidine groups is 1. The molecule has 0 aliphatic carbocycles. The topological polar surface area (TPSA) is 73.1 Å². The molecule has 2 N–H and O–H groups in total.